The highest BCUT2D eigenvalue weighted by atomic mass is 16.2. The number of pyridine rings is 1. The Labute approximate surface area is 91.7 Å². The fourth-order valence-corrected chi connectivity index (χ4v) is 1.70. The van der Waals surface area contributed by atoms with Crippen molar-refractivity contribution in [2.45, 2.75) is 32.6 Å². The van der Waals surface area contributed by atoms with E-state index in [1.165, 1.54) is 5.57 Å². The van der Waals surface area contributed by atoms with Crippen molar-refractivity contribution in [3.63, 3.8) is 0 Å². The van der Waals surface area contributed by atoms with Gasteiger partial charge in [0.2, 0.25) is 0 Å². The van der Waals surface area contributed by atoms with Gasteiger partial charge in [0.25, 0.3) is 0 Å². The van der Waals surface area contributed by atoms with Crippen LogP contribution in [0.2, 0.25) is 0 Å². The van der Waals surface area contributed by atoms with Crippen LogP contribution in [0.3, 0.4) is 0 Å². The maximum Gasteiger partial charge on any atom is 0.0614 e. The molecule has 0 aromatic carbocycles. The lowest BCUT2D eigenvalue weighted by Gasteiger charge is -2.14. The molecule has 15 heavy (non-hydrogen) atoms. The molecule has 1 N–H and O–H groups in total. The molecule has 0 aliphatic rings. The van der Waals surface area contributed by atoms with Gasteiger partial charge in [-0.15, -0.1) is 0 Å². The van der Waals surface area contributed by atoms with Crippen molar-refractivity contribution in [3.05, 3.63) is 41.7 Å². The van der Waals surface area contributed by atoms with E-state index in [9.17, 15) is 0 Å². The third kappa shape index (κ3) is 3.84. The van der Waals surface area contributed by atoms with Crippen molar-refractivity contribution in [1.82, 2.24) is 4.98 Å². The second kappa shape index (κ2) is 6.36. The van der Waals surface area contributed by atoms with Gasteiger partial charge >= 0.3 is 0 Å². The van der Waals surface area contributed by atoms with E-state index in [2.05, 4.69) is 24.9 Å². The van der Waals surface area contributed by atoms with Crippen molar-refractivity contribution in [1.29, 1.82) is 0 Å². The van der Waals surface area contributed by atoms with E-state index in [0.29, 0.717) is 5.92 Å². The van der Waals surface area contributed by atoms with E-state index in [0.717, 1.165) is 18.5 Å². The summed E-state index contributed by atoms with van der Waals surface area (Å²) in [6.45, 7) is 4.36. The van der Waals surface area contributed by atoms with E-state index in [1.54, 1.807) is 0 Å². The summed E-state index contributed by atoms with van der Waals surface area (Å²) in [5.41, 5.74) is 2.38. The monoisotopic (exact) mass is 205 g/mol. The Morgan fingerprint density at radius 3 is 2.87 bits per heavy atom. The predicted molar refractivity (Wildman–Crippen MR) is 62.7 cm³/mol. The summed E-state index contributed by atoms with van der Waals surface area (Å²) in [5, 5.41) is 8.80. The first-order chi connectivity index (χ1) is 7.27. The molecule has 82 valence electrons. The number of aromatic nitrogens is 1. The minimum Gasteiger partial charge on any atom is -0.392 e. The lowest BCUT2D eigenvalue weighted by molar-refractivity contribution is 0.341. The highest BCUT2D eigenvalue weighted by molar-refractivity contribution is 5.13. The van der Waals surface area contributed by atoms with Gasteiger partial charge < -0.3 is 5.11 Å². The molecule has 0 radical (unpaired) electrons. The molecule has 0 saturated heterocycles. The quantitative estimate of drug-likeness (QED) is 0.750. The van der Waals surface area contributed by atoms with Crippen molar-refractivity contribution in [2.24, 2.45) is 0 Å². The third-order valence-corrected chi connectivity index (χ3v) is 2.61. The second-order valence-corrected chi connectivity index (χ2v) is 3.80. The van der Waals surface area contributed by atoms with Crippen LogP contribution in [0.1, 0.15) is 38.3 Å². The molecule has 0 fully saturated rings. The molecule has 0 aliphatic carbocycles. The molecule has 2 nitrogen and oxygen atoms in total. The predicted octanol–water partition coefficient (Wildman–Crippen LogP) is 2.90. The number of aliphatic hydroxyl groups excluding tert-OH is 1. The topological polar surface area (TPSA) is 33.1 Å². The molecule has 1 aromatic heterocycles. The van der Waals surface area contributed by atoms with Crippen LogP contribution in [-0.4, -0.2) is 16.7 Å². The van der Waals surface area contributed by atoms with Gasteiger partial charge in [-0.2, -0.15) is 0 Å². The van der Waals surface area contributed by atoms with Crippen LogP contribution in [0.5, 0.6) is 0 Å². The Morgan fingerprint density at radius 1 is 1.53 bits per heavy atom. The van der Waals surface area contributed by atoms with Crippen molar-refractivity contribution in [2.75, 3.05) is 6.61 Å². The maximum atomic E-state index is 8.80. The molecule has 0 saturated carbocycles. The molecule has 1 rings (SSSR count). The van der Waals surface area contributed by atoms with Gasteiger partial charge in [-0.1, -0.05) is 24.6 Å². The first-order valence-electron chi connectivity index (χ1n) is 5.45. The SMILES string of the molecule is CCC(C/C(C)=C/CO)c1ccccn1. The van der Waals surface area contributed by atoms with Gasteiger partial charge in [0.15, 0.2) is 0 Å². The first kappa shape index (κ1) is 11.9. The zero-order chi connectivity index (χ0) is 11.1. The molecule has 0 bridgehead atoms. The average molecular weight is 205 g/mol. The molecule has 2 heteroatoms. The number of allylic oxidation sites excluding steroid dienone is 1. The lowest BCUT2D eigenvalue weighted by Crippen LogP contribution is -2.00. The molecule has 0 aliphatic heterocycles. The fourth-order valence-electron chi connectivity index (χ4n) is 1.70. The normalized spacial score (nSPS) is 13.9. The Kier molecular flexibility index (Phi) is 5.05. The molecule has 1 unspecified atom stereocenters. The summed E-state index contributed by atoms with van der Waals surface area (Å²) >= 11 is 0. The number of hydrogen-bond donors (Lipinski definition) is 1. The molecular formula is C13H19NO. The Morgan fingerprint density at radius 2 is 2.33 bits per heavy atom. The van der Waals surface area contributed by atoms with Crippen LogP contribution in [0.25, 0.3) is 0 Å². The number of nitrogens with zero attached hydrogens (tertiary/aromatic N) is 1. The van der Waals surface area contributed by atoms with Crippen molar-refractivity contribution < 1.29 is 5.11 Å². The number of hydrogen-bond acceptors (Lipinski definition) is 2. The van der Waals surface area contributed by atoms with Gasteiger partial charge in [-0.05, 0) is 31.9 Å². The number of rotatable bonds is 5. The lowest BCUT2D eigenvalue weighted by atomic mass is 9.94. The van der Waals surface area contributed by atoms with Crippen LogP contribution in [0.4, 0.5) is 0 Å². The summed E-state index contributed by atoms with van der Waals surface area (Å²) in [7, 11) is 0. The molecule has 0 amide bonds. The summed E-state index contributed by atoms with van der Waals surface area (Å²) in [5.74, 6) is 0.467. The standard InChI is InChI=1S/C13H19NO/c1-3-12(10-11(2)7-9-15)13-6-4-5-8-14-13/h4-8,12,15H,3,9-10H2,1-2H3/b11-7+. The van der Waals surface area contributed by atoms with Crippen LogP contribution >= 0.6 is 0 Å². The van der Waals surface area contributed by atoms with E-state index in [-0.39, 0.29) is 6.61 Å². The zero-order valence-corrected chi connectivity index (χ0v) is 9.48. The Bertz CT molecular complexity index is 306. The molecule has 1 atom stereocenters. The number of aliphatic hydroxyl groups is 1. The third-order valence-electron chi connectivity index (χ3n) is 2.61. The Hall–Kier alpha value is -1.15. The average Bonchev–Trinajstić information content (AvgIpc) is 2.27. The smallest absolute Gasteiger partial charge is 0.0614 e. The van der Waals surface area contributed by atoms with Gasteiger partial charge in [0.1, 0.15) is 0 Å². The highest BCUT2D eigenvalue weighted by Gasteiger charge is 2.10. The summed E-state index contributed by atoms with van der Waals surface area (Å²) < 4.78 is 0. The highest BCUT2D eigenvalue weighted by Crippen LogP contribution is 2.24. The molecule has 1 aromatic rings. The largest absolute Gasteiger partial charge is 0.392 e. The van der Waals surface area contributed by atoms with E-state index in [1.807, 2.05) is 24.4 Å². The summed E-state index contributed by atoms with van der Waals surface area (Å²) in [6, 6.07) is 6.03. The fraction of sp³-hybridized carbons (Fsp3) is 0.462. The minimum atomic E-state index is 0.129. The summed E-state index contributed by atoms with van der Waals surface area (Å²) in [4.78, 5) is 4.37. The van der Waals surface area contributed by atoms with Crippen LogP contribution in [0.15, 0.2) is 36.0 Å². The minimum absolute atomic E-state index is 0.129. The van der Waals surface area contributed by atoms with E-state index >= 15 is 0 Å². The Balaban J connectivity index is 2.69. The van der Waals surface area contributed by atoms with Gasteiger partial charge in [-0.25, -0.2) is 0 Å². The summed E-state index contributed by atoms with van der Waals surface area (Å²) in [6.07, 6.45) is 5.76. The molecule has 0 spiro atoms. The van der Waals surface area contributed by atoms with Crippen molar-refractivity contribution in [3.8, 4) is 0 Å². The van der Waals surface area contributed by atoms with Crippen LogP contribution < -0.4 is 0 Å². The zero-order valence-electron chi connectivity index (χ0n) is 9.48. The van der Waals surface area contributed by atoms with Gasteiger partial charge in [0, 0.05) is 17.8 Å². The van der Waals surface area contributed by atoms with Crippen LogP contribution in [-0.2, 0) is 0 Å². The van der Waals surface area contributed by atoms with E-state index in [4.69, 9.17) is 5.11 Å². The maximum absolute atomic E-state index is 8.80. The van der Waals surface area contributed by atoms with Gasteiger partial charge in [0.05, 0.1) is 6.61 Å². The second-order valence-electron chi connectivity index (χ2n) is 3.80. The molecular weight excluding hydrogens is 186 g/mol. The molecule has 1 heterocycles. The van der Waals surface area contributed by atoms with E-state index < -0.39 is 0 Å². The first-order valence-corrected chi connectivity index (χ1v) is 5.45. The van der Waals surface area contributed by atoms with Gasteiger partial charge in [-0.3, -0.25) is 4.98 Å². The van der Waals surface area contributed by atoms with Crippen LogP contribution in [0, 0.1) is 0 Å². The van der Waals surface area contributed by atoms with Crippen molar-refractivity contribution >= 4 is 0 Å².